The van der Waals surface area contributed by atoms with E-state index in [1.54, 1.807) is 0 Å². The first-order chi connectivity index (χ1) is 8.99. The lowest BCUT2D eigenvalue weighted by Crippen LogP contribution is -2.51. The number of likely N-dealkylation sites (N-methyl/N-ethyl adjacent to an activating group) is 1. The van der Waals surface area contributed by atoms with Crippen LogP contribution in [0.25, 0.3) is 0 Å². The van der Waals surface area contributed by atoms with Crippen molar-refractivity contribution in [3.8, 4) is 0 Å². The monoisotopic (exact) mass is 280 g/mol. The van der Waals surface area contributed by atoms with Gasteiger partial charge in [-0.05, 0) is 36.6 Å². The van der Waals surface area contributed by atoms with Crippen LogP contribution in [0.5, 0.6) is 0 Å². The largest absolute Gasteiger partial charge is 0.302 e. The molecule has 1 aromatic carbocycles. The predicted molar refractivity (Wildman–Crippen MR) is 73.8 cm³/mol. The summed E-state index contributed by atoms with van der Waals surface area (Å²) in [5.74, 6) is -0.256. The zero-order valence-electron chi connectivity index (χ0n) is 11.1. The fourth-order valence-electron chi connectivity index (χ4n) is 2.20. The van der Waals surface area contributed by atoms with Crippen LogP contribution in [0.4, 0.5) is 0 Å². The molecule has 102 valence electrons. The molecule has 1 saturated heterocycles. The van der Waals surface area contributed by atoms with Gasteiger partial charge in [-0.25, -0.2) is 0 Å². The molecule has 0 radical (unpaired) electrons. The van der Waals surface area contributed by atoms with Gasteiger partial charge in [-0.3, -0.25) is 14.5 Å². The average Bonchev–Trinajstić information content (AvgIpc) is 2.37. The molecule has 1 atom stereocenters. The molecule has 1 unspecified atom stereocenters. The number of carbonyl (C=O) groups is 2. The van der Waals surface area contributed by atoms with Gasteiger partial charge in [0.05, 0.1) is 6.04 Å². The normalized spacial score (nSPS) is 19.9. The summed E-state index contributed by atoms with van der Waals surface area (Å²) < 4.78 is 0. The van der Waals surface area contributed by atoms with Crippen molar-refractivity contribution in [3.63, 3.8) is 0 Å². The fraction of sp³-hybridized carbons (Fsp3) is 0.429. The second-order valence-electron chi connectivity index (χ2n) is 4.83. The van der Waals surface area contributed by atoms with Crippen LogP contribution < -0.4 is 5.32 Å². The van der Waals surface area contributed by atoms with Gasteiger partial charge in [-0.1, -0.05) is 17.7 Å². The summed E-state index contributed by atoms with van der Waals surface area (Å²) in [6.07, 6.45) is 0.980. The predicted octanol–water partition coefficient (Wildman–Crippen LogP) is 1.89. The van der Waals surface area contributed by atoms with Crippen LogP contribution >= 0.6 is 11.6 Å². The van der Waals surface area contributed by atoms with Crippen LogP contribution in [0, 0.1) is 6.92 Å². The van der Waals surface area contributed by atoms with Crippen molar-refractivity contribution >= 4 is 23.4 Å². The van der Waals surface area contributed by atoms with E-state index in [1.807, 2.05) is 25.1 Å². The number of piperidine rings is 1. The summed E-state index contributed by atoms with van der Waals surface area (Å²) in [4.78, 5) is 24.5. The Balaban J connectivity index is 1.99. The molecule has 1 aromatic rings. The van der Waals surface area contributed by atoms with Gasteiger partial charge >= 0.3 is 0 Å². The van der Waals surface area contributed by atoms with Crippen LogP contribution in [-0.4, -0.2) is 29.8 Å². The number of benzene rings is 1. The van der Waals surface area contributed by atoms with Crippen LogP contribution in [0.2, 0.25) is 5.02 Å². The molecule has 1 N–H and O–H groups in total. The summed E-state index contributed by atoms with van der Waals surface area (Å²) >= 11 is 5.91. The number of halogens is 1. The molecular weight excluding hydrogens is 264 g/mol. The number of imide groups is 1. The van der Waals surface area contributed by atoms with E-state index < -0.39 is 0 Å². The molecule has 0 saturated carbocycles. The lowest BCUT2D eigenvalue weighted by atomic mass is 10.0. The highest BCUT2D eigenvalue weighted by atomic mass is 35.5. The van der Waals surface area contributed by atoms with Crippen molar-refractivity contribution < 1.29 is 9.59 Å². The SMILES string of the molecule is Cc1cc(Cl)ccc1CNC1CCC(=O)N(C)C1=O. The maximum atomic E-state index is 11.9. The van der Waals surface area contributed by atoms with Crippen molar-refractivity contribution in [1.82, 2.24) is 10.2 Å². The Morgan fingerprint density at radius 3 is 2.84 bits per heavy atom. The third kappa shape index (κ3) is 3.14. The Kier molecular flexibility index (Phi) is 4.22. The number of hydrogen-bond acceptors (Lipinski definition) is 3. The maximum absolute atomic E-state index is 11.9. The fourth-order valence-corrected chi connectivity index (χ4v) is 2.42. The van der Waals surface area contributed by atoms with Crippen LogP contribution in [0.1, 0.15) is 24.0 Å². The first-order valence-corrected chi connectivity index (χ1v) is 6.65. The maximum Gasteiger partial charge on any atom is 0.246 e. The van der Waals surface area contributed by atoms with Crippen molar-refractivity contribution in [2.24, 2.45) is 0 Å². The number of nitrogens with zero attached hydrogens (tertiary/aromatic N) is 1. The van der Waals surface area contributed by atoms with E-state index in [2.05, 4.69) is 5.32 Å². The molecule has 0 aliphatic carbocycles. The van der Waals surface area contributed by atoms with Crippen molar-refractivity contribution in [2.45, 2.75) is 32.4 Å². The molecule has 0 spiro atoms. The Hall–Kier alpha value is -1.39. The molecule has 1 fully saturated rings. The van der Waals surface area contributed by atoms with E-state index >= 15 is 0 Å². The van der Waals surface area contributed by atoms with Gasteiger partial charge in [0, 0.05) is 25.0 Å². The topological polar surface area (TPSA) is 49.4 Å². The van der Waals surface area contributed by atoms with Gasteiger partial charge in [-0.15, -0.1) is 0 Å². The number of hydrogen-bond donors (Lipinski definition) is 1. The van der Waals surface area contributed by atoms with Gasteiger partial charge < -0.3 is 5.32 Å². The standard InChI is InChI=1S/C14H17ClN2O2/c1-9-7-11(15)4-3-10(9)8-16-12-5-6-13(18)17(2)14(12)19/h3-4,7,12,16H,5-6,8H2,1-2H3. The van der Waals surface area contributed by atoms with Crippen molar-refractivity contribution in [3.05, 3.63) is 34.3 Å². The number of carbonyl (C=O) groups excluding carboxylic acids is 2. The average molecular weight is 281 g/mol. The highest BCUT2D eigenvalue weighted by Crippen LogP contribution is 2.16. The van der Waals surface area contributed by atoms with Gasteiger partial charge in [0.15, 0.2) is 0 Å². The van der Waals surface area contributed by atoms with Crippen molar-refractivity contribution in [2.75, 3.05) is 7.05 Å². The molecule has 0 aromatic heterocycles. The first kappa shape index (κ1) is 14.0. The highest BCUT2D eigenvalue weighted by Gasteiger charge is 2.31. The second kappa shape index (κ2) is 5.72. The summed E-state index contributed by atoms with van der Waals surface area (Å²) in [6, 6.07) is 5.41. The number of likely N-dealkylation sites (tertiary alicyclic amines) is 1. The third-order valence-corrected chi connectivity index (χ3v) is 3.73. The summed E-state index contributed by atoms with van der Waals surface area (Å²) in [7, 11) is 1.53. The third-order valence-electron chi connectivity index (χ3n) is 3.49. The van der Waals surface area contributed by atoms with E-state index in [1.165, 1.54) is 11.9 Å². The molecular formula is C14H17ClN2O2. The Morgan fingerprint density at radius 1 is 1.42 bits per heavy atom. The molecule has 5 heteroatoms. The van der Waals surface area contributed by atoms with Crippen molar-refractivity contribution in [1.29, 1.82) is 0 Å². The summed E-state index contributed by atoms with van der Waals surface area (Å²) in [5, 5.41) is 3.92. The minimum atomic E-state index is -0.280. The van der Waals surface area contributed by atoms with Gasteiger partial charge in [0.2, 0.25) is 11.8 Å². The van der Waals surface area contributed by atoms with E-state index in [0.717, 1.165) is 11.1 Å². The molecule has 0 bridgehead atoms. The van der Waals surface area contributed by atoms with Crippen LogP contribution in [0.15, 0.2) is 18.2 Å². The minimum absolute atomic E-state index is 0.106. The zero-order chi connectivity index (χ0) is 14.0. The molecule has 4 nitrogen and oxygen atoms in total. The first-order valence-electron chi connectivity index (χ1n) is 6.28. The Morgan fingerprint density at radius 2 is 2.16 bits per heavy atom. The molecule has 2 rings (SSSR count). The van der Waals surface area contributed by atoms with Gasteiger partial charge in [-0.2, -0.15) is 0 Å². The van der Waals surface area contributed by atoms with Crippen LogP contribution in [-0.2, 0) is 16.1 Å². The Bertz CT molecular complexity index is 516. The van der Waals surface area contributed by atoms with Gasteiger partial charge in [0.1, 0.15) is 0 Å². The zero-order valence-corrected chi connectivity index (χ0v) is 11.8. The van der Waals surface area contributed by atoms with Crippen LogP contribution in [0.3, 0.4) is 0 Å². The lowest BCUT2D eigenvalue weighted by Gasteiger charge is -2.28. The highest BCUT2D eigenvalue weighted by molar-refractivity contribution is 6.30. The number of amides is 2. The van der Waals surface area contributed by atoms with E-state index in [9.17, 15) is 9.59 Å². The molecule has 1 aliphatic heterocycles. The molecule has 1 aliphatic rings. The quantitative estimate of drug-likeness (QED) is 0.860. The van der Waals surface area contributed by atoms with Gasteiger partial charge in [0.25, 0.3) is 0 Å². The molecule has 2 amide bonds. The Labute approximate surface area is 117 Å². The van der Waals surface area contributed by atoms with E-state index in [4.69, 9.17) is 11.6 Å². The summed E-state index contributed by atoms with van der Waals surface area (Å²) in [6.45, 7) is 2.59. The smallest absolute Gasteiger partial charge is 0.246 e. The number of aryl methyl sites for hydroxylation is 1. The molecule has 19 heavy (non-hydrogen) atoms. The number of rotatable bonds is 3. The summed E-state index contributed by atoms with van der Waals surface area (Å²) in [5.41, 5.74) is 2.20. The second-order valence-corrected chi connectivity index (χ2v) is 5.27. The van der Waals surface area contributed by atoms with E-state index in [-0.39, 0.29) is 17.9 Å². The molecule has 1 heterocycles. The minimum Gasteiger partial charge on any atom is -0.302 e. The lowest BCUT2D eigenvalue weighted by molar-refractivity contribution is -0.148. The number of nitrogens with one attached hydrogen (secondary N) is 1. The van der Waals surface area contributed by atoms with E-state index in [0.29, 0.717) is 24.4 Å².